The monoisotopic (exact) mass is 285 g/mol. The highest BCUT2D eigenvalue weighted by Crippen LogP contribution is 2.24. The number of benzene rings is 1. The number of nitrogens with zero attached hydrogens (tertiary/aromatic N) is 1. The summed E-state index contributed by atoms with van der Waals surface area (Å²) in [7, 11) is -1.88. The molecule has 5 nitrogen and oxygen atoms in total. The Kier molecular flexibility index (Phi) is 4.44. The van der Waals surface area contributed by atoms with Gasteiger partial charge < -0.3 is 9.84 Å². The number of rotatable bonds is 4. The molecule has 0 unspecified atom stereocenters. The molecule has 1 fully saturated rings. The number of methoxy groups -OCH3 is 1. The fourth-order valence-electron chi connectivity index (χ4n) is 2.23. The molecule has 0 aromatic heterocycles. The molecule has 1 saturated heterocycles. The summed E-state index contributed by atoms with van der Waals surface area (Å²) in [5, 5.41) is 9.07. The van der Waals surface area contributed by atoms with E-state index in [1.54, 1.807) is 31.4 Å². The van der Waals surface area contributed by atoms with E-state index < -0.39 is 10.0 Å². The lowest BCUT2D eigenvalue weighted by Crippen LogP contribution is -2.39. The van der Waals surface area contributed by atoms with Crippen LogP contribution in [0, 0.1) is 5.92 Å². The van der Waals surface area contributed by atoms with Gasteiger partial charge in [0.25, 0.3) is 0 Å². The Hall–Kier alpha value is -1.11. The summed E-state index contributed by atoms with van der Waals surface area (Å²) in [5.41, 5.74) is 0. The highest BCUT2D eigenvalue weighted by molar-refractivity contribution is 7.89. The summed E-state index contributed by atoms with van der Waals surface area (Å²) in [4.78, 5) is 0.288. The molecule has 1 aromatic carbocycles. The first kappa shape index (κ1) is 14.3. The van der Waals surface area contributed by atoms with Crippen molar-refractivity contribution in [2.45, 2.75) is 17.7 Å². The van der Waals surface area contributed by atoms with Gasteiger partial charge in [-0.25, -0.2) is 8.42 Å². The Morgan fingerprint density at radius 2 is 1.84 bits per heavy atom. The normalized spacial score (nSPS) is 18.4. The topological polar surface area (TPSA) is 66.8 Å². The minimum atomic E-state index is -3.42. The Morgan fingerprint density at radius 1 is 1.26 bits per heavy atom. The van der Waals surface area contributed by atoms with Gasteiger partial charge in [-0.3, -0.25) is 0 Å². The first-order chi connectivity index (χ1) is 9.07. The van der Waals surface area contributed by atoms with Crippen molar-refractivity contribution < 1.29 is 18.3 Å². The van der Waals surface area contributed by atoms with Crippen molar-refractivity contribution in [3.05, 3.63) is 24.3 Å². The molecule has 0 saturated carbocycles. The Labute approximate surface area is 113 Å². The lowest BCUT2D eigenvalue weighted by molar-refractivity contribution is 0.170. The average molecular weight is 285 g/mol. The van der Waals surface area contributed by atoms with E-state index in [4.69, 9.17) is 9.84 Å². The predicted octanol–water partition coefficient (Wildman–Crippen LogP) is 1.09. The van der Waals surface area contributed by atoms with Crippen LogP contribution in [0.5, 0.6) is 5.75 Å². The zero-order valence-electron chi connectivity index (χ0n) is 10.9. The summed E-state index contributed by atoms with van der Waals surface area (Å²) in [6.07, 6.45) is 1.43. The maximum Gasteiger partial charge on any atom is 0.243 e. The molecule has 0 atom stereocenters. The van der Waals surface area contributed by atoms with Gasteiger partial charge in [0.2, 0.25) is 10.0 Å². The van der Waals surface area contributed by atoms with E-state index in [1.807, 2.05) is 0 Å². The second kappa shape index (κ2) is 5.90. The molecule has 6 heteroatoms. The Bertz CT molecular complexity index is 504. The van der Waals surface area contributed by atoms with Gasteiger partial charge in [-0.2, -0.15) is 4.31 Å². The molecule has 1 aliphatic heterocycles. The third-order valence-corrected chi connectivity index (χ3v) is 5.44. The third kappa shape index (κ3) is 3.08. The second-order valence-corrected chi connectivity index (χ2v) is 6.64. The molecule has 0 spiro atoms. The summed E-state index contributed by atoms with van der Waals surface area (Å²) in [5.74, 6) is 0.861. The molecule has 106 valence electrons. The smallest absolute Gasteiger partial charge is 0.243 e. The van der Waals surface area contributed by atoms with Crippen molar-refractivity contribution in [3.63, 3.8) is 0 Å². The second-order valence-electron chi connectivity index (χ2n) is 4.71. The largest absolute Gasteiger partial charge is 0.497 e. The van der Waals surface area contributed by atoms with Crippen LogP contribution < -0.4 is 4.74 Å². The van der Waals surface area contributed by atoms with E-state index in [-0.39, 0.29) is 17.4 Å². The van der Waals surface area contributed by atoms with Crippen LogP contribution in [0.15, 0.2) is 29.2 Å². The van der Waals surface area contributed by atoms with Crippen LogP contribution >= 0.6 is 0 Å². The van der Waals surface area contributed by atoms with Crippen molar-refractivity contribution in [2.75, 3.05) is 26.8 Å². The molecule has 0 amide bonds. The molecule has 2 rings (SSSR count). The van der Waals surface area contributed by atoms with Crippen molar-refractivity contribution in [1.82, 2.24) is 4.31 Å². The summed E-state index contributed by atoms with van der Waals surface area (Å²) in [6.45, 7) is 1.08. The summed E-state index contributed by atoms with van der Waals surface area (Å²) < 4.78 is 31.3. The van der Waals surface area contributed by atoms with Gasteiger partial charge in [0.1, 0.15) is 5.75 Å². The van der Waals surface area contributed by atoms with Crippen LogP contribution in [0.1, 0.15) is 12.8 Å². The highest BCUT2D eigenvalue weighted by atomic mass is 32.2. The van der Waals surface area contributed by atoms with Crippen molar-refractivity contribution in [2.24, 2.45) is 5.92 Å². The number of aliphatic hydroxyl groups excluding tert-OH is 1. The number of sulfonamides is 1. The van der Waals surface area contributed by atoms with E-state index in [1.165, 1.54) is 4.31 Å². The quantitative estimate of drug-likeness (QED) is 0.899. The fourth-order valence-corrected chi connectivity index (χ4v) is 3.70. The van der Waals surface area contributed by atoms with E-state index in [0.29, 0.717) is 31.7 Å². The third-order valence-electron chi connectivity index (χ3n) is 3.53. The molecular weight excluding hydrogens is 266 g/mol. The lowest BCUT2D eigenvalue weighted by Gasteiger charge is -2.30. The average Bonchev–Trinajstić information content (AvgIpc) is 2.47. The first-order valence-corrected chi connectivity index (χ1v) is 7.77. The zero-order chi connectivity index (χ0) is 13.9. The molecule has 1 N–H and O–H groups in total. The van der Waals surface area contributed by atoms with Crippen LogP contribution in [0.25, 0.3) is 0 Å². The van der Waals surface area contributed by atoms with E-state index in [0.717, 1.165) is 0 Å². The fraction of sp³-hybridized carbons (Fsp3) is 0.538. The summed E-state index contributed by atoms with van der Waals surface area (Å²) >= 11 is 0. The molecule has 0 radical (unpaired) electrons. The minimum Gasteiger partial charge on any atom is -0.497 e. The molecule has 1 heterocycles. The van der Waals surface area contributed by atoms with Crippen molar-refractivity contribution >= 4 is 10.0 Å². The number of hydrogen-bond donors (Lipinski definition) is 1. The van der Waals surface area contributed by atoms with Gasteiger partial charge in [0, 0.05) is 19.7 Å². The predicted molar refractivity (Wildman–Crippen MR) is 71.6 cm³/mol. The molecule has 1 aromatic rings. The standard InChI is InChI=1S/C13H19NO4S/c1-18-12-2-4-13(5-3-12)19(16,17)14-8-6-11(10-15)7-9-14/h2-5,11,15H,6-10H2,1H3. The van der Waals surface area contributed by atoms with Crippen LogP contribution in [-0.4, -0.2) is 44.6 Å². The van der Waals surface area contributed by atoms with Crippen LogP contribution in [0.3, 0.4) is 0 Å². The van der Waals surface area contributed by atoms with Crippen LogP contribution in [-0.2, 0) is 10.0 Å². The van der Waals surface area contributed by atoms with E-state index in [2.05, 4.69) is 0 Å². The van der Waals surface area contributed by atoms with Gasteiger partial charge in [-0.1, -0.05) is 0 Å². The Morgan fingerprint density at radius 3 is 2.32 bits per heavy atom. The Balaban J connectivity index is 2.13. The highest BCUT2D eigenvalue weighted by Gasteiger charge is 2.28. The van der Waals surface area contributed by atoms with Crippen LogP contribution in [0.2, 0.25) is 0 Å². The number of aliphatic hydroxyl groups is 1. The first-order valence-electron chi connectivity index (χ1n) is 6.33. The zero-order valence-corrected chi connectivity index (χ0v) is 11.8. The SMILES string of the molecule is COc1ccc(S(=O)(=O)N2CCC(CO)CC2)cc1. The number of piperidine rings is 1. The van der Waals surface area contributed by atoms with Crippen molar-refractivity contribution in [1.29, 1.82) is 0 Å². The van der Waals surface area contributed by atoms with Gasteiger partial charge in [-0.05, 0) is 43.0 Å². The molecular formula is C13H19NO4S. The molecule has 0 aliphatic carbocycles. The van der Waals surface area contributed by atoms with Crippen molar-refractivity contribution in [3.8, 4) is 5.75 Å². The van der Waals surface area contributed by atoms with Gasteiger partial charge in [-0.15, -0.1) is 0 Å². The van der Waals surface area contributed by atoms with Crippen LogP contribution in [0.4, 0.5) is 0 Å². The van der Waals surface area contributed by atoms with Gasteiger partial charge in [0.05, 0.1) is 12.0 Å². The lowest BCUT2D eigenvalue weighted by atomic mass is 10.00. The maximum absolute atomic E-state index is 12.4. The molecule has 19 heavy (non-hydrogen) atoms. The minimum absolute atomic E-state index is 0.135. The van der Waals surface area contributed by atoms with E-state index in [9.17, 15) is 8.42 Å². The van der Waals surface area contributed by atoms with Gasteiger partial charge >= 0.3 is 0 Å². The molecule has 0 bridgehead atoms. The molecule has 1 aliphatic rings. The van der Waals surface area contributed by atoms with Gasteiger partial charge in [0.15, 0.2) is 0 Å². The summed E-state index contributed by atoms with van der Waals surface area (Å²) in [6, 6.07) is 6.42. The maximum atomic E-state index is 12.4. The van der Waals surface area contributed by atoms with E-state index >= 15 is 0 Å². The number of ether oxygens (including phenoxy) is 1. The number of hydrogen-bond acceptors (Lipinski definition) is 4.